The molecular formula is C18H22O4S. The number of hydrogen-bond acceptors (Lipinski definition) is 5. The molecule has 23 heavy (non-hydrogen) atoms. The number of aliphatic hydroxyl groups is 2. The van der Waals surface area contributed by atoms with E-state index in [0.717, 1.165) is 22.6 Å². The molecule has 5 heteroatoms. The largest absolute Gasteiger partial charge is 0.497 e. The highest BCUT2D eigenvalue weighted by molar-refractivity contribution is 7.99. The van der Waals surface area contributed by atoms with Gasteiger partial charge in [-0.15, -0.1) is 11.8 Å². The van der Waals surface area contributed by atoms with Crippen molar-refractivity contribution in [2.24, 2.45) is 0 Å². The van der Waals surface area contributed by atoms with Gasteiger partial charge in [-0.3, -0.25) is 0 Å². The van der Waals surface area contributed by atoms with E-state index in [4.69, 9.17) is 9.47 Å². The molecule has 2 aromatic carbocycles. The quantitative estimate of drug-likeness (QED) is 0.776. The van der Waals surface area contributed by atoms with Crippen molar-refractivity contribution in [1.29, 1.82) is 0 Å². The first-order valence-electron chi connectivity index (χ1n) is 7.37. The molecule has 0 aliphatic heterocycles. The molecule has 0 aromatic heterocycles. The molecule has 2 rings (SSSR count). The average molecular weight is 334 g/mol. The maximum atomic E-state index is 9.73. The molecule has 2 atom stereocenters. The van der Waals surface area contributed by atoms with E-state index in [9.17, 15) is 10.2 Å². The van der Waals surface area contributed by atoms with Crippen molar-refractivity contribution in [3.05, 3.63) is 59.7 Å². The second-order valence-corrected chi connectivity index (χ2v) is 6.44. The normalized spacial score (nSPS) is 13.4. The Balaban J connectivity index is 2.13. The Bertz CT molecular complexity index is 529. The molecule has 0 radical (unpaired) electrons. The molecule has 0 aliphatic rings. The van der Waals surface area contributed by atoms with Gasteiger partial charge in [0.25, 0.3) is 0 Å². The van der Waals surface area contributed by atoms with E-state index in [1.807, 2.05) is 48.5 Å². The Morgan fingerprint density at radius 3 is 1.35 bits per heavy atom. The lowest BCUT2D eigenvalue weighted by Gasteiger charge is -2.21. The Morgan fingerprint density at radius 1 is 0.739 bits per heavy atom. The zero-order valence-corrected chi connectivity index (χ0v) is 14.1. The molecule has 0 spiro atoms. The van der Waals surface area contributed by atoms with Crippen molar-refractivity contribution in [2.45, 2.75) is 10.5 Å². The van der Waals surface area contributed by atoms with Crippen molar-refractivity contribution >= 4 is 11.8 Å². The fourth-order valence-corrected chi connectivity index (χ4v) is 3.49. The van der Waals surface area contributed by atoms with E-state index < -0.39 is 0 Å². The number of aliphatic hydroxyl groups excluding tert-OH is 2. The van der Waals surface area contributed by atoms with E-state index in [-0.39, 0.29) is 23.7 Å². The maximum Gasteiger partial charge on any atom is 0.118 e. The zero-order valence-electron chi connectivity index (χ0n) is 13.3. The van der Waals surface area contributed by atoms with E-state index in [1.54, 1.807) is 26.0 Å². The van der Waals surface area contributed by atoms with Crippen LogP contribution < -0.4 is 9.47 Å². The van der Waals surface area contributed by atoms with Crippen LogP contribution in [0, 0.1) is 0 Å². The summed E-state index contributed by atoms with van der Waals surface area (Å²) in [4.78, 5) is 0. The van der Waals surface area contributed by atoms with Gasteiger partial charge in [-0.05, 0) is 35.4 Å². The van der Waals surface area contributed by atoms with E-state index in [1.165, 1.54) is 0 Å². The van der Waals surface area contributed by atoms with Crippen LogP contribution in [-0.4, -0.2) is 37.6 Å². The first-order chi connectivity index (χ1) is 11.2. The smallest absolute Gasteiger partial charge is 0.118 e. The monoisotopic (exact) mass is 334 g/mol. The second-order valence-electron chi connectivity index (χ2n) is 5.02. The molecular weight excluding hydrogens is 312 g/mol. The van der Waals surface area contributed by atoms with Gasteiger partial charge in [0.05, 0.1) is 37.9 Å². The predicted octanol–water partition coefficient (Wildman–Crippen LogP) is 3.20. The molecule has 0 heterocycles. The highest BCUT2D eigenvalue weighted by Gasteiger charge is 2.19. The average Bonchev–Trinajstić information content (AvgIpc) is 2.63. The summed E-state index contributed by atoms with van der Waals surface area (Å²) in [6.45, 7) is 0.00724. The fraction of sp³-hybridized carbons (Fsp3) is 0.333. The number of benzene rings is 2. The summed E-state index contributed by atoms with van der Waals surface area (Å²) in [5, 5.41) is 19.2. The first kappa shape index (κ1) is 17.7. The number of thioether (sulfide) groups is 1. The summed E-state index contributed by atoms with van der Waals surface area (Å²) in [7, 11) is 3.25. The van der Waals surface area contributed by atoms with Crippen molar-refractivity contribution in [1.82, 2.24) is 0 Å². The molecule has 0 aliphatic carbocycles. The van der Waals surface area contributed by atoms with Gasteiger partial charge in [0.15, 0.2) is 0 Å². The lowest BCUT2D eigenvalue weighted by atomic mass is 10.1. The van der Waals surface area contributed by atoms with E-state index in [2.05, 4.69) is 0 Å². The lowest BCUT2D eigenvalue weighted by Crippen LogP contribution is -2.07. The van der Waals surface area contributed by atoms with Crippen LogP contribution in [0.1, 0.15) is 21.6 Å². The summed E-state index contributed by atoms with van der Waals surface area (Å²) in [6.07, 6.45) is 0. The lowest BCUT2D eigenvalue weighted by molar-refractivity contribution is 0.288. The minimum atomic E-state index is -0.111. The minimum Gasteiger partial charge on any atom is -0.497 e. The first-order valence-corrected chi connectivity index (χ1v) is 8.31. The standard InChI is InChI=1S/C18H22O4S/c1-21-15-7-3-13(4-8-15)17(11-19)23-18(12-20)14-5-9-16(22-2)10-6-14/h3-10,17-20H,11-12H2,1-2H3. The van der Waals surface area contributed by atoms with Crippen LogP contribution in [0.2, 0.25) is 0 Å². The van der Waals surface area contributed by atoms with Gasteiger partial charge in [-0.2, -0.15) is 0 Å². The molecule has 0 saturated heterocycles. The molecule has 4 nitrogen and oxygen atoms in total. The summed E-state index contributed by atoms with van der Waals surface area (Å²) in [6, 6.07) is 15.3. The SMILES string of the molecule is COc1ccc(C(CO)SC(CO)c2ccc(OC)cc2)cc1. The third-order valence-corrected chi connectivity index (χ3v) is 5.13. The Morgan fingerprint density at radius 2 is 1.09 bits per heavy atom. The van der Waals surface area contributed by atoms with Crippen molar-refractivity contribution in [2.75, 3.05) is 27.4 Å². The summed E-state index contributed by atoms with van der Waals surface area (Å²) in [5.41, 5.74) is 2.01. The topological polar surface area (TPSA) is 58.9 Å². The molecule has 2 unspecified atom stereocenters. The molecule has 0 fully saturated rings. The van der Waals surface area contributed by atoms with Crippen LogP contribution in [0.4, 0.5) is 0 Å². The minimum absolute atomic E-state index is 0.00362. The Hall–Kier alpha value is -1.69. The number of rotatable bonds is 8. The molecule has 0 amide bonds. The molecule has 0 saturated carbocycles. The molecule has 0 bridgehead atoms. The summed E-state index contributed by atoms with van der Waals surface area (Å²) >= 11 is 1.54. The summed E-state index contributed by atoms with van der Waals surface area (Å²) < 4.78 is 10.3. The molecule has 2 aromatic rings. The highest BCUT2D eigenvalue weighted by atomic mass is 32.2. The Labute approximate surface area is 141 Å². The van der Waals surface area contributed by atoms with E-state index >= 15 is 0 Å². The van der Waals surface area contributed by atoms with Crippen LogP contribution in [-0.2, 0) is 0 Å². The third-order valence-electron chi connectivity index (χ3n) is 3.64. The van der Waals surface area contributed by atoms with Gasteiger partial charge in [0.2, 0.25) is 0 Å². The van der Waals surface area contributed by atoms with Gasteiger partial charge in [0, 0.05) is 0 Å². The van der Waals surface area contributed by atoms with Gasteiger partial charge in [-0.1, -0.05) is 24.3 Å². The van der Waals surface area contributed by atoms with Gasteiger partial charge >= 0.3 is 0 Å². The number of ether oxygens (including phenoxy) is 2. The maximum absolute atomic E-state index is 9.73. The highest BCUT2D eigenvalue weighted by Crippen LogP contribution is 2.40. The number of methoxy groups -OCH3 is 2. The van der Waals surface area contributed by atoms with Crippen LogP contribution >= 0.6 is 11.8 Å². The van der Waals surface area contributed by atoms with Crippen molar-refractivity contribution < 1.29 is 19.7 Å². The van der Waals surface area contributed by atoms with Gasteiger partial charge < -0.3 is 19.7 Å². The van der Waals surface area contributed by atoms with Gasteiger partial charge in [0.1, 0.15) is 11.5 Å². The van der Waals surface area contributed by atoms with Crippen LogP contribution in [0.3, 0.4) is 0 Å². The van der Waals surface area contributed by atoms with Crippen molar-refractivity contribution in [3.63, 3.8) is 0 Å². The third kappa shape index (κ3) is 4.64. The summed E-state index contributed by atoms with van der Waals surface area (Å²) in [5.74, 6) is 1.56. The number of hydrogen-bond donors (Lipinski definition) is 2. The predicted molar refractivity (Wildman–Crippen MR) is 93.2 cm³/mol. The van der Waals surface area contributed by atoms with Gasteiger partial charge in [-0.25, -0.2) is 0 Å². The van der Waals surface area contributed by atoms with Crippen molar-refractivity contribution in [3.8, 4) is 11.5 Å². The molecule has 2 N–H and O–H groups in total. The van der Waals surface area contributed by atoms with Crippen LogP contribution in [0.25, 0.3) is 0 Å². The molecule has 124 valence electrons. The van der Waals surface area contributed by atoms with E-state index in [0.29, 0.717) is 0 Å². The fourth-order valence-electron chi connectivity index (χ4n) is 2.29. The Kier molecular flexibility index (Phi) is 6.77. The van der Waals surface area contributed by atoms with Crippen LogP contribution in [0.5, 0.6) is 11.5 Å². The zero-order chi connectivity index (χ0) is 16.7. The van der Waals surface area contributed by atoms with Crippen LogP contribution in [0.15, 0.2) is 48.5 Å². The second kappa shape index (κ2) is 8.82.